The molecule has 0 N–H and O–H groups in total. The molecule has 200 valence electrons. The van der Waals surface area contributed by atoms with Crippen LogP contribution < -0.4 is 4.73 Å². The monoisotopic (exact) mass is 530 g/mol. The number of rotatable bonds is 9. The Labute approximate surface area is 232 Å². The van der Waals surface area contributed by atoms with E-state index in [0.717, 1.165) is 74.6 Å². The van der Waals surface area contributed by atoms with E-state index in [2.05, 4.69) is 64.3 Å². The lowest BCUT2D eigenvalue weighted by Gasteiger charge is -2.12. The number of aryl methyl sites for hydroxylation is 2. The number of para-hydroxylation sites is 1. The summed E-state index contributed by atoms with van der Waals surface area (Å²) in [6, 6.07) is 24.1. The van der Waals surface area contributed by atoms with Crippen molar-refractivity contribution < 1.29 is 4.73 Å². The molecule has 0 saturated carbocycles. The molecule has 4 aromatic heterocycles. The van der Waals surface area contributed by atoms with E-state index in [9.17, 15) is 5.21 Å². The lowest BCUT2D eigenvalue weighted by Crippen LogP contribution is -2.28. The highest BCUT2D eigenvalue weighted by Gasteiger charge is 2.20. The molecule has 9 nitrogen and oxygen atoms in total. The number of imidazole rings is 1. The summed E-state index contributed by atoms with van der Waals surface area (Å²) >= 11 is 0. The van der Waals surface area contributed by atoms with Crippen LogP contribution in [0.1, 0.15) is 43.8 Å². The molecule has 0 saturated heterocycles. The summed E-state index contributed by atoms with van der Waals surface area (Å²) in [4.78, 5) is 10.1. The van der Waals surface area contributed by atoms with Gasteiger partial charge in [-0.1, -0.05) is 62.7 Å². The number of unbranched alkanes of at least 4 members (excludes halogenated alkanes) is 1. The number of nitrogens with zero attached hydrogens (tertiary/aromatic N) is 8. The van der Waals surface area contributed by atoms with Crippen LogP contribution in [0, 0.1) is 5.21 Å². The number of hydrogen-bond donors (Lipinski definition) is 0. The van der Waals surface area contributed by atoms with Gasteiger partial charge in [0, 0.05) is 24.1 Å². The number of pyridine rings is 2. The summed E-state index contributed by atoms with van der Waals surface area (Å²) in [5.41, 5.74) is 8.21. The average molecular weight is 531 g/mol. The fraction of sp³-hybridized carbons (Fsp3) is 0.226. The van der Waals surface area contributed by atoms with Gasteiger partial charge in [0.2, 0.25) is 5.69 Å². The molecular formula is C31H30N8O. The van der Waals surface area contributed by atoms with Gasteiger partial charge < -0.3 is 9.77 Å². The maximum Gasteiger partial charge on any atom is 0.225 e. The average Bonchev–Trinajstić information content (AvgIpc) is 3.64. The summed E-state index contributed by atoms with van der Waals surface area (Å²) in [6.45, 7) is 4.92. The lowest BCUT2D eigenvalue weighted by atomic mass is 10.0. The summed E-state index contributed by atoms with van der Waals surface area (Å²) < 4.78 is 4.81. The van der Waals surface area contributed by atoms with Crippen molar-refractivity contribution in [3.63, 3.8) is 0 Å². The first-order chi connectivity index (χ1) is 19.7. The van der Waals surface area contributed by atoms with Crippen LogP contribution in [0.2, 0.25) is 0 Å². The van der Waals surface area contributed by atoms with Gasteiger partial charge >= 0.3 is 0 Å². The molecule has 0 aliphatic carbocycles. The van der Waals surface area contributed by atoms with E-state index in [1.165, 1.54) is 6.20 Å². The van der Waals surface area contributed by atoms with E-state index in [1.807, 2.05) is 36.4 Å². The molecule has 0 unspecified atom stereocenters. The second kappa shape index (κ2) is 11.1. The Kier molecular flexibility index (Phi) is 7.01. The topological polar surface area (TPSA) is 101 Å². The minimum Gasteiger partial charge on any atom is -0.618 e. The van der Waals surface area contributed by atoms with E-state index in [4.69, 9.17) is 9.97 Å². The SMILES string of the molecule is CCCCc1nc2cc(-c3cccc[n+]3[O-])c(CC)nc2n1Cc1ccc(-c2ccccc2-n2cnnn2)cc1. The molecule has 4 heterocycles. The van der Waals surface area contributed by atoms with Gasteiger partial charge in [0.05, 0.1) is 23.5 Å². The third kappa shape index (κ3) is 4.82. The molecule has 0 bridgehead atoms. The first-order valence-electron chi connectivity index (χ1n) is 13.7. The maximum absolute atomic E-state index is 12.5. The highest BCUT2D eigenvalue weighted by atomic mass is 16.5. The van der Waals surface area contributed by atoms with E-state index in [1.54, 1.807) is 17.1 Å². The maximum atomic E-state index is 12.5. The van der Waals surface area contributed by atoms with Crippen molar-refractivity contribution in [3.8, 4) is 28.1 Å². The molecule has 0 spiro atoms. The van der Waals surface area contributed by atoms with Crippen LogP contribution in [0.25, 0.3) is 39.2 Å². The van der Waals surface area contributed by atoms with Crippen molar-refractivity contribution >= 4 is 11.2 Å². The Hall–Kier alpha value is -4.92. The largest absolute Gasteiger partial charge is 0.618 e. The van der Waals surface area contributed by atoms with Gasteiger partial charge in [-0.15, -0.1) is 5.10 Å². The molecule has 0 fully saturated rings. The van der Waals surface area contributed by atoms with Gasteiger partial charge in [-0.25, -0.2) is 9.97 Å². The second-order valence-corrected chi connectivity index (χ2v) is 9.78. The van der Waals surface area contributed by atoms with Crippen molar-refractivity contribution in [1.29, 1.82) is 0 Å². The quantitative estimate of drug-likeness (QED) is 0.185. The number of benzene rings is 2. The molecule has 0 amide bonds. The molecule has 6 rings (SSSR count). The molecular weight excluding hydrogens is 500 g/mol. The van der Waals surface area contributed by atoms with Crippen LogP contribution in [-0.4, -0.2) is 34.7 Å². The predicted octanol–water partition coefficient (Wildman–Crippen LogP) is 5.33. The highest BCUT2D eigenvalue weighted by molar-refractivity contribution is 5.79. The number of hydrogen-bond acceptors (Lipinski definition) is 6. The Morgan fingerprint density at radius 3 is 2.48 bits per heavy atom. The van der Waals surface area contributed by atoms with Crippen LogP contribution >= 0.6 is 0 Å². The Morgan fingerprint density at radius 2 is 1.73 bits per heavy atom. The Balaban J connectivity index is 1.38. The van der Waals surface area contributed by atoms with Crippen molar-refractivity contribution in [2.75, 3.05) is 0 Å². The lowest BCUT2D eigenvalue weighted by molar-refractivity contribution is -0.593. The van der Waals surface area contributed by atoms with Gasteiger partial charge in [-0.3, -0.25) is 0 Å². The molecule has 9 heteroatoms. The van der Waals surface area contributed by atoms with Crippen molar-refractivity contribution in [2.24, 2.45) is 0 Å². The van der Waals surface area contributed by atoms with Gasteiger partial charge in [-0.2, -0.15) is 9.41 Å². The van der Waals surface area contributed by atoms with Crippen LogP contribution in [0.3, 0.4) is 0 Å². The minimum atomic E-state index is 0.593. The van der Waals surface area contributed by atoms with Crippen LogP contribution in [0.15, 0.2) is 85.3 Å². The summed E-state index contributed by atoms with van der Waals surface area (Å²) in [5.74, 6) is 1.01. The zero-order valence-corrected chi connectivity index (χ0v) is 22.6. The molecule has 0 radical (unpaired) electrons. The summed E-state index contributed by atoms with van der Waals surface area (Å²) in [7, 11) is 0. The van der Waals surface area contributed by atoms with E-state index < -0.39 is 0 Å². The molecule has 6 aromatic rings. The van der Waals surface area contributed by atoms with Crippen molar-refractivity contribution in [3.05, 3.63) is 108 Å². The van der Waals surface area contributed by atoms with Crippen molar-refractivity contribution in [2.45, 2.75) is 46.1 Å². The zero-order chi connectivity index (χ0) is 27.5. The first-order valence-corrected chi connectivity index (χ1v) is 13.7. The Morgan fingerprint density at radius 1 is 0.900 bits per heavy atom. The number of aromatic nitrogens is 8. The second-order valence-electron chi connectivity index (χ2n) is 9.78. The molecule has 2 aromatic carbocycles. The summed E-state index contributed by atoms with van der Waals surface area (Å²) in [5, 5.41) is 24.2. The molecule has 40 heavy (non-hydrogen) atoms. The van der Waals surface area contributed by atoms with Crippen molar-refractivity contribution in [1.82, 2.24) is 34.7 Å². The van der Waals surface area contributed by atoms with Crippen LogP contribution in [0.5, 0.6) is 0 Å². The Bertz CT molecular complexity index is 1760. The third-order valence-electron chi connectivity index (χ3n) is 7.17. The fourth-order valence-corrected chi connectivity index (χ4v) is 5.11. The highest BCUT2D eigenvalue weighted by Crippen LogP contribution is 2.29. The number of tetrazole rings is 1. The van der Waals surface area contributed by atoms with Gasteiger partial charge in [-0.05, 0) is 52.6 Å². The fourth-order valence-electron chi connectivity index (χ4n) is 5.11. The van der Waals surface area contributed by atoms with Gasteiger partial charge in [0.15, 0.2) is 11.8 Å². The summed E-state index contributed by atoms with van der Waals surface area (Å²) in [6.07, 6.45) is 6.83. The predicted molar refractivity (Wildman–Crippen MR) is 154 cm³/mol. The van der Waals surface area contributed by atoms with Gasteiger partial charge in [0.25, 0.3) is 0 Å². The third-order valence-corrected chi connectivity index (χ3v) is 7.17. The van der Waals surface area contributed by atoms with Gasteiger partial charge in [0.1, 0.15) is 17.7 Å². The first kappa shape index (κ1) is 25.4. The number of fused-ring (bicyclic) bond motifs is 1. The van der Waals surface area contributed by atoms with Crippen LogP contribution in [-0.2, 0) is 19.4 Å². The normalized spacial score (nSPS) is 11.3. The van der Waals surface area contributed by atoms with Crippen LogP contribution in [0.4, 0.5) is 0 Å². The van der Waals surface area contributed by atoms with E-state index in [0.29, 0.717) is 18.7 Å². The zero-order valence-electron chi connectivity index (χ0n) is 22.6. The molecule has 0 aliphatic rings. The van der Waals surface area contributed by atoms with E-state index in [-0.39, 0.29) is 0 Å². The standard InChI is InChI=1S/C31H30N8O/c1-3-5-13-30-33-27-19-25(29-12-8-9-18-39(29)40)26(4-2)34-31(27)37(30)20-22-14-16-23(17-15-22)24-10-6-7-11-28(24)38-21-32-35-36-38/h6-12,14-19,21H,3-5,13,20H2,1-2H3. The molecule has 0 aliphatic heterocycles. The smallest absolute Gasteiger partial charge is 0.225 e. The van der Waals surface area contributed by atoms with E-state index >= 15 is 0 Å². The minimum absolute atomic E-state index is 0.593. The molecule has 0 atom stereocenters.